The van der Waals surface area contributed by atoms with Crippen molar-refractivity contribution in [2.24, 2.45) is 0 Å². The smallest absolute Gasteiger partial charge is 0.264 e. The lowest BCUT2D eigenvalue weighted by Gasteiger charge is -1.96. The number of rotatable bonds is 2. The van der Waals surface area contributed by atoms with Gasteiger partial charge in [-0.25, -0.2) is 0 Å². The lowest BCUT2D eigenvalue weighted by Crippen LogP contribution is -1.92. The van der Waals surface area contributed by atoms with Crippen molar-refractivity contribution in [1.29, 1.82) is 0 Å². The van der Waals surface area contributed by atoms with E-state index in [1.807, 2.05) is 13.0 Å². The molecule has 0 radical (unpaired) electrons. The summed E-state index contributed by atoms with van der Waals surface area (Å²) in [7, 11) is -4.73. The highest BCUT2D eigenvalue weighted by atomic mass is 32.3. The number of hydrogen-bond acceptors (Lipinski definition) is 3. The Morgan fingerprint density at radius 3 is 2.80 bits per heavy atom. The third-order valence-electron chi connectivity index (χ3n) is 2.24. The van der Waals surface area contributed by atoms with Gasteiger partial charge in [0.05, 0.1) is 5.52 Å². The molecular weight excluding hydrogens is 219 g/mol. The Kier molecular flexibility index (Phi) is 2.22. The summed E-state index contributed by atoms with van der Waals surface area (Å²) in [5, 5.41) is 5.75. The van der Waals surface area contributed by atoms with Crippen LogP contribution in [0.25, 0.3) is 10.9 Å². The molecule has 15 heavy (non-hydrogen) atoms. The lowest BCUT2D eigenvalue weighted by atomic mass is 10.1. The van der Waals surface area contributed by atoms with Crippen LogP contribution in [0.3, 0.4) is 0 Å². The van der Waals surface area contributed by atoms with Gasteiger partial charge in [0, 0.05) is 5.39 Å². The average molecular weight is 228 g/mol. The summed E-state index contributed by atoms with van der Waals surface area (Å²) in [5.74, 6) is 0. The highest BCUT2D eigenvalue weighted by Gasteiger charge is 2.18. The molecule has 1 aromatic heterocycles. The molecule has 0 aliphatic rings. The van der Waals surface area contributed by atoms with Gasteiger partial charge in [-0.1, -0.05) is 16.9 Å². The fourth-order valence-corrected chi connectivity index (χ4v) is 2.02. The van der Waals surface area contributed by atoms with Crippen molar-refractivity contribution < 1.29 is 12.3 Å². The van der Waals surface area contributed by atoms with Crippen molar-refractivity contribution in [2.45, 2.75) is 18.4 Å². The van der Waals surface area contributed by atoms with Crippen molar-refractivity contribution >= 4 is 21.1 Å². The molecule has 0 spiro atoms. The van der Waals surface area contributed by atoms with E-state index in [0.717, 1.165) is 12.0 Å². The summed E-state index contributed by atoms with van der Waals surface area (Å²) >= 11 is 0. The van der Waals surface area contributed by atoms with Crippen LogP contribution in [0, 0.1) is 0 Å². The Labute approximate surface area is 86.3 Å². The van der Waals surface area contributed by atoms with E-state index in [4.69, 9.17) is 0 Å². The SMILES string of the molecule is CCc1ccc2n[nH]c(S(=O)(=O)F)c2c1. The molecule has 1 heterocycles. The van der Waals surface area contributed by atoms with Gasteiger partial charge in [-0.2, -0.15) is 13.5 Å². The summed E-state index contributed by atoms with van der Waals surface area (Å²) in [5.41, 5.74) is 1.39. The second-order valence-electron chi connectivity index (χ2n) is 3.20. The maximum absolute atomic E-state index is 12.8. The molecule has 0 bridgehead atoms. The number of aryl methyl sites for hydroxylation is 1. The molecule has 0 saturated heterocycles. The highest BCUT2D eigenvalue weighted by Crippen LogP contribution is 2.22. The van der Waals surface area contributed by atoms with Crippen molar-refractivity contribution in [2.75, 3.05) is 0 Å². The van der Waals surface area contributed by atoms with Gasteiger partial charge in [-0.15, -0.1) is 0 Å². The minimum atomic E-state index is -4.73. The van der Waals surface area contributed by atoms with Crippen molar-refractivity contribution in [1.82, 2.24) is 10.2 Å². The van der Waals surface area contributed by atoms with Crippen LogP contribution in [0.2, 0.25) is 0 Å². The number of hydrogen-bond donors (Lipinski definition) is 1. The van der Waals surface area contributed by atoms with E-state index in [1.54, 1.807) is 12.1 Å². The van der Waals surface area contributed by atoms with Crippen molar-refractivity contribution in [3.8, 4) is 0 Å². The molecule has 2 aromatic rings. The van der Waals surface area contributed by atoms with Crippen LogP contribution in [-0.2, 0) is 16.6 Å². The molecule has 0 saturated carbocycles. The van der Waals surface area contributed by atoms with Crippen LogP contribution in [-0.4, -0.2) is 18.6 Å². The summed E-state index contributed by atoms with van der Waals surface area (Å²) in [6.07, 6.45) is 0.757. The molecule has 0 unspecified atom stereocenters. The largest absolute Gasteiger partial charge is 0.349 e. The van der Waals surface area contributed by atoms with E-state index in [2.05, 4.69) is 10.2 Å². The Morgan fingerprint density at radius 1 is 1.47 bits per heavy atom. The zero-order chi connectivity index (χ0) is 11.1. The van der Waals surface area contributed by atoms with Crippen molar-refractivity contribution in [3.63, 3.8) is 0 Å². The van der Waals surface area contributed by atoms with Crippen LogP contribution in [0.4, 0.5) is 3.89 Å². The second-order valence-corrected chi connectivity index (χ2v) is 4.48. The minimum Gasteiger partial charge on any atom is -0.264 e. The monoisotopic (exact) mass is 228 g/mol. The highest BCUT2D eigenvalue weighted by molar-refractivity contribution is 7.86. The third kappa shape index (κ3) is 1.72. The quantitative estimate of drug-likeness (QED) is 0.797. The van der Waals surface area contributed by atoms with Gasteiger partial charge in [0.25, 0.3) is 0 Å². The van der Waals surface area contributed by atoms with Crippen LogP contribution in [0.5, 0.6) is 0 Å². The Bertz CT molecular complexity index is 604. The first-order chi connectivity index (χ1) is 7.02. The van der Waals surface area contributed by atoms with Gasteiger partial charge in [0.15, 0.2) is 5.03 Å². The van der Waals surface area contributed by atoms with Crippen LogP contribution < -0.4 is 0 Å². The molecule has 6 heteroatoms. The number of H-pyrrole nitrogens is 1. The molecule has 1 N–H and O–H groups in total. The number of aromatic nitrogens is 2. The first kappa shape index (κ1) is 10.1. The predicted molar refractivity (Wildman–Crippen MR) is 53.8 cm³/mol. The summed E-state index contributed by atoms with van der Waals surface area (Å²) < 4.78 is 34.4. The second kappa shape index (κ2) is 3.30. The van der Waals surface area contributed by atoms with Crippen molar-refractivity contribution in [3.05, 3.63) is 23.8 Å². The molecule has 0 aliphatic carbocycles. The maximum atomic E-state index is 12.8. The van der Waals surface area contributed by atoms with E-state index in [-0.39, 0.29) is 0 Å². The zero-order valence-corrected chi connectivity index (χ0v) is 8.81. The van der Waals surface area contributed by atoms with Gasteiger partial charge >= 0.3 is 10.2 Å². The minimum absolute atomic E-state index is 0.303. The summed E-state index contributed by atoms with van der Waals surface area (Å²) in [6.45, 7) is 1.94. The average Bonchev–Trinajstić information content (AvgIpc) is 2.59. The number of fused-ring (bicyclic) bond motifs is 1. The Hall–Kier alpha value is -1.43. The van der Waals surface area contributed by atoms with Gasteiger partial charge < -0.3 is 0 Å². The summed E-state index contributed by atoms with van der Waals surface area (Å²) in [4.78, 5) is 0. The van der Waals surface area contributed by atoms with Gasteiger partial charge in [-0.3, -0.25) is 5.10 Å². The lowest BCUT2D eigenvalue weighted by molar-refractivity contribution is 0.548. The van der Waals surface area contributed by atoms with Crippen LogP contribution in [0.1, 0.15) is 12.5 Å². The molecule has 0 fully saturated rings. The number of benzene rings is 1. The maximum Gasteiger partial charge on any atom is 0.349 e. The van der Waals surface area contributed by atoms with E-state index >= 15 is 0 Å². The van der Waals surface area contributed by atoms with E-state index in [9.17, 15) is 12.3 Å². The fourth-order valence-electron chi connectivity index (χ4n) is 1.44. The molecule has 1 aromatic carbocycles. The molecule has 0 amide bonds. The molecule has 2 rings (SSSR count). The normalized spacial score (nSPS) is 12.1. The Morgan fingerprint density at radius 2 is 2.20 bits per heavy atom. The molecule has 80 valence electrons. The molecule has 0 atom stereocenters. The van der Waals surface area contributed by atoms with Crippen LogP contribution in [0.15, 0.2) is 23.2 Å². The standard InChI is InChI=1S/C9H9FN2O2S/c1-2-6-3-4-8-7(5-6)9(12-11-8)15(10,13)14/h3-5H,2H2,1H3,(H,11,12). The van der Waals surface area contributed by atoms with E-state index in [1.165, 1.54) is 0 Å². The topological polar surface area (TPSA) is 62.8 Å². The number of halogens is 1. The predicted octanol–water partition coefficient (Wildman–Crippen LogP) is 1.78. The fraction of sp³-hybridized carbons (Fsp3) is 0.222. The Balaban J connectivity index is 2.78. The van der Waals surface area contributed by atoms with Crippen LogP contribution >= 0.6 is 0 Å². The molecular formula is C9H9FN2O2S. The summed E-state index contributed by atoms with van der Waals surface area (Å²) in [6, 6.07) is 5.13. The molecule has 0 aliphatic heterocycles. The van der Waals surface area contributed by atoms with E-state index in [0.29, 0.717) is 10.9 Å². The van der Waals surface area contributed by atoms with Gasteiger partial charge in [-0.05, 0) is 24.1 Å². The van der Waals surface area contributed by atoms with E-state index < -0.39 is 15.2 Å². The number of nitrogens with one attached hydrogen (secondary N) is 1. The number of aromatic amines is 1. The third-order valence-corrected chi connectivity index (χ3v) is 3.03. The number of nitrogens with zero attached hydrogens (tertiary/aromatic N) is 1. The first-order valence-electron chi connectivity index (χ1n) is 4.44. The zero-order valence-electron chi connectivity index (χ0n) is 7.99. The first-order valence-corrected chi connectivity index (χ1v) is 5.82. The van der Waals surface area contributed by atoms with Gasteiger partial charge in [0.2, 0.25) is 0 Å². The van der Waals surface area contributed by atoms with Gasteiger partial charge in [0.1, 0.15) is 0 Å². The molecule has 4 nitrogen and oxygen atoms in total.